The number of alkyl halides is 2. The third-order valence-corrected chi connectivity index (χ3v) is 3.28. The molecule has 1 amide bonds. The zero-order valence-corrected chi connectivity index (χ0v) is 15.5. The Morgan fingerprint density at radius 1 is 1.32 bits per heavy atom. The number of ether oxygens (including phenoxy) is 2. The highest BCUT2D eigenvalue weighted by Gasteiger charge is 2.25. The summed E-state index contributed by atoms with van der Waals surface area (Å²) in [7, 11) is 0. The molecule has 4 nitrogen and oxygen atoms in total. The zero-order valence-electron chi connectivity index (χ0n) is 15.5. The van der Waals surface area contributed by atoms with Crippen LogP contribution in [-0.4, -0.2) is 35.7 Å². The lowest BCUT2D eigenvalue weighted by Gasteiger charge is -2.30. The van der Waals surface area contributed by atoms with Crippen molar-refractivity contribution < 1.29 is 23.0 Å². The number of carbonyl (C=O) groups excluding carboxylic acids is 1. The van der Waals surface area contributed by atoms with Crippen molar-refractivity contribution in [2.24, 2.45) is 0 Å². The Kier molecular flexibility index (Phi) is 7.39. The standard InChI is InChI=1S/C19H27F2NO3/c1-7-14-8-9-16(24-12-17(20)21)15(10-14)11-22(13(2)3)18(23)25-19(4,5)6/h7-10,13,17H,1,11-12H2,2-6H3. The monoisotopic (exact) mass is 355 g/mol. The Hall–Kier alpha value is -2.11. The lowest BCUT2D eigenvalue weighted by Crippen LogP contribution is -2.40. The van der Waals surface area contributed by atoms with E-state index in [1.54, 1.807) is 45.0 Å². The number of hydrogen-bond acceptors (Lipinski definition) is 3. The van der Waals surface area contributed by atoms with E-state index in [-0.39, 0.29) is 12.6 Å². The van der Waals surface area contributed by atoms with Crippen molar-refractivity contribution in [3.63, 3.8) is 0 Å². The predicted molar refractivity (Wildman–Crippen MR) is 94.9 cm³/mol. The molecule has 1 rings (SSSR count). The third kappa shape index (κ3) is 7.11. The van der Waals surface area contributed by atoms with Crippen LogP contribution in [0.1, 0.15) is 45.7 Å². The SMILES string of the molecule is C=Cc1ccc(OCC(F)F)c(CN(C(=O)OC(C)(C)C)C(C)C)c1. The van der Waals surface area contributed by atoms with Gasteiger partial charge >= 0.3 is 6.09 Å². The van der Waals surface area contributed by atoms with Crippen LogP contribution in [0, 0.1) is 0 Å². The van der Waals surface area contributed by atoms with Crippen molar-refractivity contribution >= 4 is 12.2 Å². The number of hydrogen-bond donors (Lipinski definition) is 0. The molecular formula is C19H27F2NO3. The first-order valence-corrected chi connectivity index (χ1v) is 8.19. The van der Waals surface area contributed by atoms with E-state index < -0.39 is 24.7 Å². The summed E-state index contributed by atoms with van der Waals surface area (Å²) in [6.45, 7) is 12.3. The highest BCUT2D eigenvalue weighted by atomic mass is 19.3. The second-order valence-electron chi connectivity index (χ2n) is 6.98. The van der Waals surface area contributed by atoms with Crippen molar-refractivity contribution in [2.75, 3.05) is 6.61 Å². The molecule has 0 aliphatic rings. The van der Waals surface area contributed by atoms with Crippen molar-refractivity contribution in [3.8, 4) is 5.75 Å². The van der Waals surface area contributed by atoms with Gasteiger partial charge in [0.1, 0.15) is 18.0 Å². The molecule has 0 aliphatic heterocycles. The van der Waals surface area contributed by atoms with Crippen LogP contribution in [0.5, 0.6) is 5.75 Å². The van der Waals surface area contributed by atoms with Gasteiger partial charge in [0.05, 0.1) is 6.54 Å². The summed E-state index contributed by atoms with van der Waals surface area (Å²) in [6.07, 6.45) is -1.39. The van der Waals surface area contributed by atoms with Gasteiger partial charge in [-0.15, -0.1) is 0 Å². The Morgan fingerprint density at radius 2 is 1.96 bits per heavy atom. The van der Waals surface area contributed by atoms with Crippen LogP contribution in [0.3, 0.4) is 0 Å². The van der Waals surface area contributed by atoms with Gasteiger partial charge in [-0.25, -0.2) is 13.6 Å². The Morgan fingerprint density at radius 3 is 2.44 bits per heavy atom. The van der Waals surface area contributed by atoms with E-state index in [1.165, 1.54) is 4.90 Å². The number of benzene rings is 1. The maximum Gasteiger partial charge on any atom is 0.410 e. The molecule has 0 spiro atoms. The maximum atomic E-state index is 12.5. The second-order valence-corrected chi connectivity index (χ2v) is 6.98. The topological polar surface area (TPSA) is 38.8 Å². The van der Waals surface area contributed by atoms with Crippen LogP contribution in [0.4, 0.5) is 13.6 Å². The number of carbonyl (C=O) groups is 1. The van der Waals surface area contributed by atoms with Crippen molar-refractivity contribution in [2.45, 2.75) is 59.2 Å². The van der Waals surface area contributed by atoms with E-state index in [1.807, 2.05) is 13.8 Å². The largest absolute Gasteiger partial charge is 0.487 e. The quantitative estimate of drug-likeness (QED) is 0.681. The highest BCUT2D eigenvalue weighted by molar-refractivity contribution is 5.69. The van der Waals surface area contributed by atoms with E-state index in [0.29, 0.717) is 11.3 Å². The third-order valence-electron chi connectivity index (χ3n) is 3.28. The van der Waals surface area contributed by atoms with Crippen molar-refractivity contribution in [1.82, 2.24) is 4.90 Å². The van der Waals surface area contributed by atoms with E-state index in [9.17, 15) is 13.6 Å². The minimum atomic E-state index is -2.57. The summed E-state index contributed by atoms with van der Waals surface area (Å²) in [5, 5.41) is 0. The number of nitrogens with zero attached hydrogens (tertiary/aromatic N) is 1. The minimum absolute atomic E-state index is 0.134. The Balaban J connectivity index is 3.09. The van der Waals surface area contributed by atoms with Crippen LogP contribution in [0.15, 0.2) is 24.8 Å². The van der Waals surface area contributed by atoms with Gasteiger partial charge in [0, 0.05) is 11.6 Å². The molecule has 6 heteroatoms. The summed E-state index contributed by atoms with van der Waals surface area (Å²) in [4.78, 5) is 14.0. The van der Waals surface area contributed by atoms with Gasteiger partial charge in [0.15, 0.2) is 0 Å². The van der Waals surface area contributed by atoms with E-state index >= 15 is 0 Å². The van der Waals surface area contributed by atoms with E-state index in [0.717, 1.165) is 5.56 Å². The van der Waals surface area contributed by atoms with Gasteiger partial charge in [0.2, 0.25) is 0 Å². The Labute approximate surface area is 148 Å². The average molecular weight is 355 g/mol. The molecule has 0 unspecified atom stereocenters. The van der Waals surface area contributed by atoms with Gasteiger partial charge in [-0.3, -0.25) is 0 Å². The molecule has 1 aromatic carbocycles. The molecule has 0 saturated heterocycles. The fourth-order valence-corrected chi connectivity index (χ4v) is 2.11. The molecule has 25 heavy (non-hydrogen) atoms. The maximum absolute atomic E-state index is 12.5. The van der Waals surface area contributed by atoms with Crippen molar-refractivity contribution in [3.05, 3.63) is 35.9 Å². The van der Waals surface area contributed by atoms with E-state index in [4.69, 9.17) is 9.47 Å². The molecule has 1 aromatic rings. The summed E-state index contributed by atoms with van der Waals surface area (Å²) in [5.41, 5.74) is 0.812. The molecule has 0 fully saturated rings. The first-order valence-electron chi connectivity index (χ1n) is 8.19. The summed E-state index contributed by atoms with van der Waals surface area (Å²) >= 11 is 0. The molecule has 0 saturated carbocycles. The average Bonchev–Trinajstić information content (AvgIpc) is 2.48. The molecule has 0 aromatic heterocycles. The van der Waals surface area contributed by atoms with Crippen LogP contribution in [0.2, 0.25) is 0 Å². The van der Waals surface area contributed by atoms with E-state index in [2.05, 4.69) is 6.58 Å². The fourth-order valence-electron chi connectivity index (χ4n) is 2.11. The molecule has 0 heterocycles. The van der Waals surface area contributed by atoms with Crippen LogP contribution in [0.25, 0.3) is 6.08 Å². The first kappa shape index (κ1) is 20.9. The Bertz CT molecular complexity index is 595. The minimum Gasteiger partial charge on any atom is -0.487 e. The summed E-state index contributed by atoms with van der Waals surface area (Å²) in [5.74, 6) is 0.320. The van der Waals surface area contributed by atoms with Crippen molar-refractivity contribution in [1.29, 1.82) is 0 Å². The first-order chi connectivity index (χ1) is 11.5. The molecule has 140 valence electrons. The molecule has 0 atom stereocenters. The lowest BCUT2D eigenvalue weighted by molar-refractivity contribution is 0.0168. The predicted octanol–water partition coefficient (Wildman–Crippen LogP) is 5.12. The summed E-state index contributed by atoms with van der Waals surface area (Å²) < 4.78 is 35.6. The number of amides is 1. The van der Waals surface area contributed by atoms with Crippen LogP contribution in [-0.2, 0) is 11.3 Å². The highest BCUT2D eigenvalue weighted by Crippen LogP contribution is 2.25. The molecule has 0 aliphatic carbocycles. The molecular weight excluding hydrogens is 328 g/mol. The van der Waals surface area contributed by atoms with Gasteiger partial charge in [-0.1, -0.05) is 18.7 Å². The van der Waals surface area contributed by atoms with Crippen LogP contribution >= 0.6 is 0 Å². The second kappa shape index (κ2) is 8.83. The summed E-state index contributed by atoms with van der Waals surface area (Å²) in [6, 6.07) is 4.98. The van der Waals surface area contributed by atoms with Gasteiger partial charge in [-0.2, -0.15) is 0 Å². The van der Waals surface area contributed by atoms with Gasteiger partial charge in [-0.05, 0) is 52.3 Å². The molecule has 0 N–H and O–H groups in total. The normalized spacial score (nSPS) is 11.6. The fraction of sp³-hybridized carbons (Fsp3) is 0.526. The molecule has 0 radical (unpaired) electrons. The van der Waals surface area contributed by atoms with Gasteiger partial charge in [0.25, 0.3) is 6.43 Å². The number of halogens is 2. The zero-order chi connectivity index (χ0) is 19.2. The molecule has 0 bridgehead atoms. The lowest BCUT2D eigenvalue weighted by atomic mass is 10.1. The van der Waals surface area contributed by atoms with Crippen LogP contribution < -0.4 is 4.74 Å². The van der Waals surface area contributed by atoms with Gasteiger partial charge < -0.3 is 14.4 Å². The smallest absolute Gasteiger partial charge is 0.410 e. The number of rotatable bonds is 7.